The lowest BCUT2D eigenvalue weighted by Gasteiger charge is -2.37. The van der Waals surface area contributed by atoms with Gasteiger partial charge in [0.25, 0.3) is 5.91 Å². The van der Waals surface area contributed by atoms with Crippen LogP contribution in [0.4, 0.5) is 0 Å². The van der Waals surface area contributed by atoms with E-state index in [-0.39, 0.29) is 55.6 Å². The average Bonchev–Trinajstić information content (AvgIpc) is 3.95. The lowest BCUT2D eigenvalue weighted by atomic mass is 9.84. The second-order valence-corrected chi connectivity index (χ2v) is 19.6. The van der Waals surface area contributed by atoms with Crippen LogP contribution < -0.4 is 16.1 Å². The zero-order valence-electron chi connectivity index (χ0n) is 39.2. The molecular formula is C50H64N8O8. The number of amides is 4. The van der Waals surface area contributed by atoms with Gasteiger partial charge in [0.15, 0.2) is 0 Å². The molecule has 16 nitrogen and oxygen atoms in total. The van der Waals surface area contributed by atoms with Crippen molar-refractivity contribution in [3.8, 4) is 28.1 Å². The molecule has 3 saturated heterocycles. The van der Waals surface area contributed by atoms with Crippen molar-refractivity contribution in [2.45, 2.75) is 104 Å². The zero-order chi connectivity index (χ0) is 47.0. The van der Waals surface area contributed by atoms with Crippen molar-refractivity contribution in [2.24, 2.45) is 17.3 Å². The number of rotatable bonds is 10. The van der Waals surface area contributed by atoms with E-state index < -0.39 is 47.2 Å². The van der Waals surface area contributed by atoms with Gasteiger partial charge < -0.3 is 39.6 Å². The van der Waals surface area contributed by atoms with Crippen LogP contribution in [0.3, 0.4) is 0 Å². The number of hydrogen-bond acceptors (Lipinski definition) is 11. The average molecular weight is 905 g/mol. The third-order valence-electron chi connectivity index (χ3n) is 13.5. The molecule has 66 heavy (non-hydrogen) atoms. The highest BCUT2D eigenvalue weighted by atomic mass is 16.5. The molecule has 4 amide bonds. The summed E-state index contributed by atoms with van der Waals surface area (Å²) in [4.78, 5) is 77.6. The number of nitrogens with one attached hydrogen (secondary N) is 3. The van der Waals surface area contributed by atoms with Crippen LogP contribution in [0.1, 0.15) is 70.6 Å². The number of pyridine rings is 1. The van der Waals surface area contributed by atoms with Crippen molar-refractivity contribution in [1.29, 1.82) is 0 Å². The Kier molecular flexibility index (Phi) is 13.6. The maximum Gasteiger partial charge on any atom is 0.324 e. The zero-order valence-corrected chi connectivity index (χ0v) is 39.2. The fourth-order valence-electron chi connectivity index (χ4n) is 10.2. The first-order valence-electron chi connectivity index (χ1n) is 23.3. The van der Waals surface area contributed by atoms with Crippen molar-refractivity contribution < 1.29 is 38.6 Å². The van der Waals surface area contributed by atoms with Crippen LogP contribution in [0.5, 0.6) is 5.75 Å². The van der Waals surface area contributed by atoms with Crippen LogP contribution in [0, 0.1) is 17.3 Å². The number of phenolic OH excluding ortho intramolecular Hbond substituents is 1. The Balaban J connectivity index is 1.17. The van der Waals surface area contributed by atoms with E-state index in [0.717, 1.165) is 44.4 Å². The van der Waals surface area contributed by atoms with E-state index in [1.165, 1.54) is 9.91 Å². The van der Waals surface area contributed by atoms with Crippen molar-refractivity contribution in [1.82, 2.24) is 40.4 Å². The Morgan fingerprint density at radius 2 is 1.86 bits per heavy atom. The van der Waals surface area contributed by atoms with Crippen LogP contribution in [0.25, 0.3) is 33.3 Å². The standard InChI is InChI=1S/C50H64N8O8/c1-8-57-42-12-11-31-22-36(42)37(44(57)38-24-51-15-13-33(38)27-65-7)23-50(4,5)28-66-49(64)39-10-9-16-58(54-39)48(63)40(20-30-18-34(31)21-35(59)19-30)53-45(60)43(29(2)3)55(6)46(61)32-14-17-56(26-32)47(62)41-25-52-41/h11-13,15,18-19,21-22,24,29,32,39-41,43,52,54,59H,8-10,14,16-17,20,23,25-28H2,1-7H3,(H,53,60)/t32-,39-,40-,41-,43?/m0/s1. The normalized spacial score (nSPS) is 22.5. The van der Waals surface area contributed by atoms with E-state index in [2.05, 4.69) is 58.5 Å². The number of cyclic esters (lactones) is 1. The van der Waals surface area contributed by atoms with Gasteiger partial charge in [0.2, 0.25) is 17.7 Å². The molecule has 352 valence electrons. The molecule has 4 aromatic rings. The highest BCUT2D eigenvalue weighted by Crippen LogP contribution is 2.41. The molecule has 4 aliphatic rings. The minimum absolute atomic E-state index is 0.00202. The van der Waals surface area contributed by atoms with Crippen LogP contribution >= 0.6 is 0 Å². The number of aryl methyl sites for hydroxylation is 1. The Hall–Kier alpha value is -5.84. The molecular weight excluding hydrogens is 841 g/mol. The molecule has 2 aromatic heterocycles. The Morgan fingerprint density at radius 1 is 1.08 bits per heavy atom. The second-order valence-electron chi connectivity index (χ2n) is 19.6. The van der Waals surface area contributed by atoms with Crippen molar-refractivity contribution >= 4 is 40.5 Å². The van der Waals surface area contributed by atoms with Gasteiger partial charge in [-0.15, -0.1) is 0 Å². The summed E-state index contributed by atoms with van der Waals surface area (Å²) in [5.74, 6) is -2.51. The quantitative estimate of drug-likeness (QED) is 0.132. The number of likely N-dealkylation sites (tertiary alicyclic amines) is 1. The van der Waals surface area contributed by atoms with Crippen molar-refractivity contribution in [3.05, 3.63) is 71.5 Å². The Bertz CT molecular complexity index is 2510. The lowest BCUT2D eigenvalue weighted by molar-refractivity contribution is -0.155. The monoisotopic (exact) mass is 904 g/mol. The van der Waals surface area contributed by atoms with Crippen LogP contribution in [-0.4, -0.2) is 130 Å². The first kappa shape index (κ1) is 46.7. The second kappa shape index (κ2) is 19.2. The highest BCUT2D eigenvalue weighted by molar-refractivity contribution is 5.96. The predicted molar refractivity (Wildman–Crippen MR) is 248 cm³/mol. The summed E-state index contributed by atoms with van der Waals surface area (Å²) >= 11 is 0. The van der Waals surface area contributed by atoms with Crippen LogP contribution in [-0.2, 0) is 59.4 Å². The minimum Gasteiger partial charge on any atom is -0.508 e. The number of fused-ring (bicyclic) bond motifs is 6. The van der Waals surface area contributed by atoms with Gasteiger partial charge >= 0.3 is 5.97 Å². The predicted octanol–water partition coefficient (Wildman–Crippen LogP) is 4.19. The van der Waals surface area contributed by atoms with Gasteiger partial charge in [0.1, 0.15) is 23.9 Å². The molecule has 8 rings (SSSR count). The van der Waals surface area contributed by atoms with E-state index in [9.17, 15) is 29.1 Å². The summed E-state index contributed by atoms with van der Waals surface area (Å²) in [5, 5.41) is 19.8. The number of carbonyl (C=O) groups is 5. The molecule has 1 unspecified atom stereocenters. The molecule has 6 heterocycles. The van der Waals surface area contributed by atoms with E-state index in [1.807, 2.05) is 38.2 Å². The highest BCUT2D eigenvalue weighted by Gasteiger charge is 2.42. The molecule has 2 aromatic carbocycles. The molecule has 0 spiro atoms. The number of aromatic hydroxyl groups is 1. The number of aromatic nitrogens is 2. The number of carbonyl (C=O) groups excluding carboxylic acids is 5. The van der Waals surface area contributed by atoms with E-state index in [0.29, 0.717) is 57.5 Å². The molecule has 3 fully saturated rings. The minimum atomic E-state index is -1.15. The van der Waals surface area contributed by atoms with Gasteiger partial charge in [-0.2, -0.15) is 0 Å². The van der Waals surface area contributed by atoms with E-state index in [4.69, 9.17) is 9.47 Å². The number of nitrogens with zero attached hydrogens (tertiary/aromatic N) is 5. The number of benzene rings is 2. The fraction of sp³-hybridized carbons (Fsp3) is 0.520. The molecule has 6 bridgehead atoms. The number of ether oxygens (including phenoxy) is 2. The number of likely N-dealkylation sites (N-methyl/N-ethyl adjacent to an activating group) is 1. The molecule has 4 N–H and O–H groups in total. The molecule has 0 aliphatic carbocycles. The SMILES string of the molecule is CCn1c(-c2cnccc2COC)c2c3cc(ccc31)-c1cc(O)cc(c1)C[C@H](NC(=O)C(C(C)C)N(C)C(=O)[C@H]1CCN(C(=O)[C@@H]3CN3)C1)C(=O)N1CCC[C@H](N1)C(=O)OCC(C)(C)C2. The smallest absolute Gasteiger partial charge is 0.324 e. The third-order valence-corrected chi connectivity index (χ3v) is 13.5. The first-order valence-corrected chi connectivity index (χ1v) is 23.3. The van der Waals surface area contributed by atoms with Gasteiger partial charge in [-0.25, -0.2) is 5.43 Å². The van der Waals surface area contributed by atoms with Crippen molar-refractivity contribution in [3.63, 3.8) is 0 Å². The molecule has 0 saturated carbocycles. The summed E-state index contributed by atoms with van der Waals surface area (Å²) in [6, 6.07) is 10.3. The lowest BCUT2D eigenvalue weighted by Crippen LogP contribution is -2.62. The largest absolute Gasteiger partial charge is 0.508 e. The maximum absolute atomic E-state index is 14.7. The first-order chi connectivity index (χ1) is 31.6. The van der Waals surface area contributed by atoms with Gasteiger partial charge in [-0.3, -0.25) is 34.0 Å². The number of phenols is 1. The van der Waals surface area contributed by atoms with Crippen LogP contribution in [0.15, 0.2) is 54.9 Å². The summed E-state index contributed by atoms with van der Waals surface area (Å²) < 4.78 is 14.0. The Morgan fingerprint density at radius 3 is 2.59 bits per heavy atom. The van der Waals surface area contributed by atoms with Gasteiger partial charge in [-0.1, -0.05) is 39.8 Å². The number of esters is 1. The van der Waals surface area contributed by atoms with Crippen LogP contribution in [0.2, 0.25) is 0 Å². The summed E-state index contributed by atoms with van der Waals surface area (Å²) in [6.07, 6.45) is 5.64. The van der Waals surface area contributed by atoms with Crippen molar-refractivity contribution in [2.75, 3.05) is 46.9 Å². The summed E-state index contributed by atoms with van der Waals surface area (Å²) in [6.45, 7) is 12.8. The Labute approximate surface area is 386 Å². The topological polar surface area (TPSA) is 198 Å². The number of methoxy groups -OCH3 is 1. The molecule has 0 radical (unpaired) electrons. The summed E-state index contributed by atoms with van der Waals surface area (Å²) in [7, 11) is 3.28. The number of hydrogen-bond donors (Lipinski definition) is 4. The number of hydrazine groups is 1. The molecule has 4 aliphatic heterocycles. The van der Waals surface area contributed by atoms with E-state index in [1.54, 1.807) is 37.4 Å². The van der Waals surface area contributed by atoms with E-state index >= 15 is 0 Å². The van der Waals surface area contributed by atoms with Gasteiger partial charge in [0.05, 0.1) is 30.9 Å². The molecule has 16 heteroatoms. The summed E-state index contributed by atoms with van der Waals surface area (Å²) in [5.41, 5.74) is 9.77. The fourth-order valence-corrected chi connectivity index (χ4v) is 10.2. The third kappa shape index (κ3) is 9.67. The van der Waals surface area contributed by atoms with Gasteiger partial charge in [0, 0.05) is 87.6 Å². The maximum atomic E-state index is 14.7. The molecule has 5 atom stereocenters. The van der Waals surface area contributed by atoms with Gasteiger partial charge in [-0.05, 0) is 96.7 Å².